The molecule has 2 aromatic rings. The average molecular weight is 383 g/mol. The molecule has 1 aliphatic rings. The lowest BCUT2D eigenvalue weighted by atomic mass is 9.88. The number of likely N-dealkylation sites (tertiary alicyclic amines) is 1. The minimum Gasteiger partial charge on any atom is -0.497 e. The van der Waals surface area contributed by atoms with Gasteiger partial charge in [-0.25, -0.2) is 4.79 Å². The number of rotatable bonds is 6. The molecule has 0 aromatic heterocycles. The number of amides is 1. The lowest BCUT2D eigenvalue weighted by Crippen LogP contribution is -2.39. The molecule has 0 aliphatic carbocycles. The van der Waals surface area contributed by atoms with Crippen molar-refractivity contribution in [3.63, 3.8) is 0 Å². The molecule has 0 radical (unpaired) electrons. The van der Waals surface area contributed by atoms with E-state index in [-0.39, 0.29) is 5.91 Å². The van der Waals surface area contributed by atoms with Crippen molar-refractivity contribution in [2.45, 2.75) is 19.3 Å². The first kappa shape index (κ1) is 19.7. The van der Waals surface area contributed by atoms with E-state index in [9.17, 15) is 14.7 Å². The lowest BCUT2D eigenvalue weighted by molar-refractivity contribution is 0.0687. The van der Waals surface area contributed by atoms with Gasteiger partial charge in [-0.15, -0.1) is 0 Å². The van der Waals surface area contributed by atoms with E-state index in [0.717, 1.165) is 24.8 Å². The number of carbonyl (C=O) groups excluding carboxylic acids is 1. The van der Waals surface area contributed by atoms with Crippen molar-refractivity contribution in [2.75, 3.05) is 27.3 Å². The number of methoxy groups -OCH3 is 2. The molecule has 1 aliphatic heterocycles. The second kappa shape index (κ2) is 8.78. The van der Waals surface area contributed by atoms with Crippen molar-refractivity contribution in [1.82, 2.24) is 4.90 Å². The molecule has 1 amide bonds. The minimum atomic E-state index is -0.894. The Hall–Kier alpha value is -3.02. The average Bonchev–Trinajstić information content (AvgIpc) is 2.73. The van der Waals surface area contributed by atoms with Gasteiger partial charge in [0.2, 0.25) is 0 Å². The molecule has 0 unspecified atom stereocenters. The first-order valence-electron chi connectivity index (χ1n) is 9.36. The van der Waals surface area contributed by atoms with Crippen LogP contribution in [-0.4, -0.2) is 49.2 Å². The molecule has 0 bridgehead atoms. The predicted octanol–water partition coefficient (Wildman–Crippen LogP) is 3.50. The van der Waals surface area contributed by atoms with E-state index in [0.29, 0.717) is 41.6 Å². The number of carboxylic acids is 1. The third-order valence-electron chi connectivity index (χ3n) is 5.30. The Morgan fingerprint density at radius 1 is 1.04 bits per heavy atom. The third-order valence-corrected chi connectivity index (χ3v) is 5.30. The standard InChI is InChI=1S/C22H25NO5/c1-27-17-7-8-19(20(14-17)28-2)21(24)23-11-9-15(10-12-23)13-16-5-3-4-6-18(16)22(25)26/h3-8,14-15H,9-13H2,1-2H3,(H,25,26). The first-order chi connectivity index (χ1) is 13.5. The first-order valence-corrected chi connectivity index (χ1v) is 9.36. The summed E-state index contributed by atoms with van der Waals surface area (Å²) in [6, 6.07) is 12.3. The van der Waals surface area contributed by atoms with Crippen molar-refractivity contribution in [1.29, 1.82) is 0 Å². The van der Waals surface area contributed by atoms with E-state index in [1.54, 1.807) is 37.4 Å². The zero-order valence-electron chi connectivity index (χ0n) is 16.2. The summed E-state index contributed by atoms with van der Waals surface area (Å²) in [5.74, 6) is 0.562. The molecular weight excluding hydrogens is 358 g/mol. The summed E-state index contributed by atoms with van der Waals surface area (Å²) in [5.41, 5.74) is 1.75. The Kier molecular flexibility index (Phi) is 6.19. The molecule has 6 nitrogen and oxygen atoms in total. The van der Waals surface area contributed by atoms with Crippen molar-refractivity contribution >= 4 is 11.9 Å². The Morgan fingerprint density at radius 2 is 1.75 bits per heavy atom. The highest BCUT2D eigenvalue weighted by Gasteiger charge is 2.26. The van der Waals surface area contributed by atoms with Crippen LogP contribution < -0.4 is 9.47 Å². The summed E-state index contributed by atoms with van der Waals surface area (Å²) in [6.45, 7) is 1.29. The summed E-state index contributed by atoms with van der Waals surface area (Å²) in [7, 11) is 3.11. The highest BCUT2D eigenvalue weighted by atomic mass is 16.5. The number of hydrogen-bond acceptors (Lipinski definition) is 4. The molecule has 0 atom stereocenters. The van der Waals surface area contributed by atoms with E-state index in [2.05, 4.69) is 0 Å². The van der Waals surface area contributed by atoms with Crippen LogP contribution in [0.1, 0.15) is 39.1 Å². The molecule has 2 aromatic carbocycles. The number of hydrogen-bond donors (Lipinski definition) is 1. The molecule has 3 rings (SSSR count). The van der Waals surface area contributed by atoms with Crippen molar-refractivity contribution in [3.8, 4) is 11.5 Å². The lowest BCUT2D eigenvalue weighted by Gasteiger charge is -2.32. The third kappa shape index (κ3) is 4.27. The maximum absolute atomic E-state index is 12.9. The summed E-state index contributed by atoms with van der Waals surface area (Å²) >= 11 is 0. The maximum atomic E-state index is 12.9. The van der Waals surface area contributed by atoms with Gasteiger partial charge >= 0.3 is 5.97 Å². The monoisotopic (exact) mass is 383 g/mol. The van der Waals surface area contributed by atoms with Crippen LogP contribution in [0.4, 0.5) is 0 Å². The Bertz CT molecular complexity index is 856. The molecular formula is C22H25NO5. The fourth-order valence-corrected chi connectivity index (χ4v) is 3.70. The number of aromatic carboxylic acids is 1. The van der Waals surface area contributed by atoms with Gasteiger partial charge in [-0.05, 0) is 48.9 Å². The largest absolute Gasteiger partial charge is 0.497 e. The second-order valence-corrected chi connectivity index (χ2v) is 6.97. The van der Waals surface area contributed by atoms with Crippen LogP contribution in [0, 0.1) is 5.92 Å². The number of carbonyl (C=O) groups is 2. The summed E-state index contributed by atoms with van der Waals surface area (Å²) < 4.78 is 10.5. The van der Waals surface area contributed by atoms with Gasteiger partial charge in [-0.2, -0.15) is 0 Å². The van der Waals surface area contributed by atoms with Gasteiger partial charge in [-0.3, -0.25) is 4.79 Å². The van der Waals surface area contributed by atoms with E-state index in [4.69, 9.17) is 9.47 Å². The normalized spacial score (nSPS) is 14.6. The number of piperidine rings is 1. The smallest absolute Gasteiger partial charge is 0.335 e. The molecule has 0 saturated carbocycles. The maximum Gasteiger partial charge on any atom is 0.335 e. The van der Waals surface area contributed by atoms with E-state index < -0.39 is 5.97 Å². The zero-order chi connectivity index (χ0) is 20.1. The van der Waals surface area contributed by atoms with Gasteiger partial charge in [0.25, 0.3) is 5.91 Å². The van der Waals surface area contributed by atoms with Crippen LogP contribution in [0.15, 0.2) is 42.5 Å². The number of benzene rings is 2. The quantitative estimate of drug-likeness (QED) is 0.826. The highest BCUT2D eigenvalue weighted by Crippen LogP contribution is 2.28. The fraction of sp³-hybridized carbons (Fsp3) is 0.364. The van der Waals surface area contributed by atoms with Crippen LogP contribution in [0.3, 0.4) is 0 Å². The van der Waals surface area contributed by atoms with E-state index >= 15 is 0 Å². The SMILES string of the molecule is COc1ccc(C(=O)N2CCC(Cc3ccccc3C(=O)O)CC2)c(OC)c1. The Morgan fingerprint density at radius 3 is 2.39 bits per heavy atom. The Balaban J connectivity index is 1.64. The molecule has 1 heterocycles. The number of ether oxygens (including phenoxy) is 2. The molecule has 6 heteroatoms. The summed E-state index contributed by atoms with van der Waals surface area (Å²) in [6.07, 6.45) is 2.41. The van der Waals surface area contributed by atoms with Gasteiger partial charge in [0.05, 0.1) is 25.3 Å². The van der Waals surface area contributed by atoms with Gasteiger partial charge < -0.3 is 19.5 Å². The molecule has 1 fully saturated rings. The van der Waals surface area contributed by atoms with Crippen molar-refractivity contribution < 1.29 is 24.2 Å². The van der Waals surface area contributed by atoms with Gasteiger partial charge in [-0.1, -0.05) is 18.2 Å². The summed E-state index contributed by atoms with van der Waals surface area (Å²) in [5, 5.41) is 9.35. The second-order valence-electron chi connectivity index (χ2n) is 6.97. The van der Waals surface area contributed by atoms with Crippen LogP contribution >= 0.6 is 0 Å². The van der Waals surface area contributed by atoms with Crippen LogP contribution in [-0.2, 0) is 6.42 Å². The molecule has 0 spiro atoms. The van der Waals surface area contributed by atoms with Crippen LogP contribution in [0.5, 0.6) is 11.5 Å². The number of nitrogens with zero attached hydrogens (tertiary/aromatic N) is 1. The molecule has 148 valence electrons. The minimum absolute atomic E-state index is 0.0520. The highest BCUT2D eigenvalue weighted by molar-refractivity contribution is 5.97. The van der Waals surface area contributed by atoms with Crippen LogP contribution in [0.2, 0.25) is 0 Å². The molecule has 1 saturated heterocycles. The van der Waals surface area contributed by atoms with Crippen LogP contribution in [0.25, 0.3) is 0 Å². The molecule has 28 heavy (non-hydrogen) atoms. The van der Waals surface area contributed by atoms with Gasteiger partial charge in [0.15, 0.2) is 0 Å². The van der Waals surface area contributed by atoms with Gasteiger partial charge in [0.1, 0.15) is 11.5 Å². The fourth-order valence-electron chi connectivity index (χ4n) is 3.70. The van der Waals surface area contributed by atoms with Gasteiger partial charge in [0, 0.05) is 19.2 Å². The number of carboxylic acid groups (broad SMARTS) is 1. The topological polar surface area (TPSA) is 76.1 Å². The van der Waals surface area contributed by atoms with Crippen molar-refractivity contribution in [3.05, 3.63) is 59.2 Å². The summed E-state index contributed by atoms with van der Waals surface area (Å²) in [4.78, 5) is 26.1. The zero-order valence-corrected chi connectivity index (χ0v) is 16.2. The van der Waals surface area contributed by atoms with E-state index in [1.807, 2.05) is 17.0 Å². The van der Waals surface area contributed by atoms with Crippen molar-refractivity contribution in [2.24, 2.45) is 5.92 Å². The molecule has 1 N–H and O–H groups in total. The predicted molar refractivity (Wildman–Crippen MR) is 105 cm³/mol. The Labute approximate surface area is 164 Å². The van der Waals surface area contributed by atoms with E-state index in [1.165, 1.54) is 7.11 Å².